The Balaban J connectivity index is 1.75. The molecule has 27 heavy (non-hydrogen) atoms. The van der Waals surface area contributed by atoms with E-state index in [2.05, 4.69) is 6.07 Å². The van der Waals surface area contributed by atoms with Crippen molar-refractivity contribution in [1.82, 2.24) is 0 Å². The fourth-order valence-corrected chi connectivity index (χ4v) is 2.58. The van der Waals surface area contributed by atoms with Crippen molar-refractivity contribution in [2.24, 2.45) is 0 Å². The van der Waals surface area contributed by atoms with Crippen molar-refractivity contribution in [3.63, 3.8) is 0 Å². The lowest BCUT2D eigenvalue weighted by atomic mass is 10.0. The van der Waals surface area contributed by atoms with E-state index in [9.17, 15) is 14.4 Å². The molecular formula is C22H13ClFNO2. The van der Waals surface area contributed by atoms with Crippen LogP contribution >= 0.6 is 11.6 Å². The van der Waals surface area contributed by atoms with E-state index in [0.717, 1.165) is 11.1 Å². The van der Waals surface area contributed by atoms with Crippen LogP contribution in [-0.2, 0) is 0 Å². The summed E-state index contributed by atoms with van der Waals surface area (Å²) in [5.41, 5.74) is 2.21. The van der Waals surface area contributed by atoms with Crippen LogP contribution in [0.2, 0.25) is 5.02 Å². The quantitative estimate of drug-likeness (QED) is 0.251. The van der Waals surface area contributed by atoms with Gasteiger partial charge in [0.15, 0.2) is 0 Å². The van der Waals surface area contributed by atoms with Gasteiger partial charge in [-0.25, -0.2) is 9.18 Å². The third-order valence-electron chi connectivity index (χ3n) is 3.74. The van der Waals surface area contributed by atoms with E-state index in [-0.39, 0.29) is 5.56 Å². The lowest BCUT2D eigenvalue weighted by Crippen LogP contribution is -2.08. The minimum absolute atomic E-state index is 0.257. The van der Waals surface area contributed by atoms with Crippen molar-refractivity contribution in [1.29, 1.82) is 5.26 Å². The smallest absolute Gasteiger partial charge is 0.343 e. The predicted octanol–water partition coefficient (Wildman–Crippen LogP) is 5.76. The number of halogens is 2. The van der Waals surface area contributed by atoms with Gasteiger partial charge in [0.1, 0.15) is 11.6 Å². The Morgan fingerprint density at radius 3 is 2.33 bits per heavy atom. The average Bonchev–Trinajstić information content (AvgIpc) is 2.68. The Bertz CT molecular complexity index is 1040. The summed E-state index contributed by atoms with van der Waals surface area (Å²) < 4.78 is 18.2. The van der Waals surface area contributed by atoms with Crippen molar-refractivity contribution < 1.29 is 13.9 Å². The number of nitrogens with zero attached hydrogens (tertiary/aromatic N) is 1. The van der Waals surface area contributed by atoms with Gasteiger partial charge in [-0.1, -0.05) is 35.9 Å². The van der Waals surface area contributed by atoms with Crippen LogP contribution in [0.25, 0.3) is 11.6 Å². The largest absolute Gasteiger partial charge is 0.423 e. The Hall–Kier alpha value is -3.42. The molecule has 0 aliphatic rings. The minimum atomic E-state index is -0.574. The van der Waals surface area contributed by atoms with E-state index in [4.69, 9.17) is 16.3 Å². The second kappa shape index (κ2) is 8.31. The molecule has 0 aliphatic carbocycles. The summed E-state index contributed by atoms with van der Waals surface area (Å²) in [4.78, 5) is 12.0. The molecule has 0 heterocycles. The molecule has 0 unspecified atom stereocenters. The molecule has 0 saturated heterocycles. The first-order valence-electron chi connectivity index (χ1n) is 8.01. The fourth-order valence-electron chi connectivity index (χ4n) is 2.39. The van der Waals surface area contributed by atoms with E-state index in [1.807, 2.05) is 0 Å². The van der Waals surface area contributed by atoms with Crippen LogP contribution in [0.3, 0.4) is 0 Å². The lowest BCUT2D eigenvalue weighted by molar-refractivity contribution is 0.0734. The molecule has 3 nitrogen and oxygen atoms in total. The first-order valence-corrected chi connectivity index (χ1v) is 8.38. The van der Waals surface area contributed by atoms with Gasteiger partial charge in [-0.15, -0.1) is 0 Å². The predicted molar refractivity (Wildman–Crippen MR) is 103 cm³/mol. The van der Waals surface area contributed by atoms with Crippen molar-refractivity contribution in [3.05, 3.63) is 100 Å². The summed E-state index contributed by atoms with van der Waals surface area (Å²) >= 11 is 5.97. The fraction of sp³-hybridized carbons (Fsp3) is 0. The molecule has 3 aromatic rings. The number of hydrogen-bond donors (Lipinski definition) is 0. The van der Waals surface area contributed by atoms with E-state index in [1.165, 1.54) is 24.3 Å². The topological polar surface area (TPSA) is 50.1 Å². The van der Waals surface area contributed by atoms with E-state index in [1.54, 1.807) is 54.6 Å². The molecule has 0 bridgehead atoms. The highest BCUT2D eigenvalue weighted by Crippen LogP contribution is 2.22. The molecule has 0 aliphatic heterocycles. The first kappa shape index (κ1) is 18.4. The van der Waals surface area contributed by atoms with Gasteiger partial charge in [-0.3, -0.25) is 0 Å². The number of carbonyl (C=O) groups is 1. The summed E-state index contributed by atoms with van der Waals surface area (Å²) in [5.74, 6) is -0.645. The molecule has 0 N–H and O–H groups in total. The molecule has 5 heteroatoms. The zero-order valence-corrected chi connectivity index (χ0v) is 14.8. The Labute approximate surface area is 160 Å². The van der Waals surface area contributed by atoms with Gasteiger partial charge in [-0.05, 0) is 65.7 Å². The molecule has 0 aromatic heterocycles. The summed E-state index contributed by atoms with van der Waals surface area (Å²) in [7, 11) is 0. The molecule has 0 fully saturated rings. The van der Waals surface area contributed by atoms with Gasteiger partial charge in [-0.2, -0.15) is 5.26 Å². The van der Waals surface area contributed by atoms with Crippen LogP contribution in [0.15, 0.2) is 72.8 Å². The number of ether oxygens (including phenoxy) is 1. The van der Waals surface area contributed by atoms with Crippen LogP contribution in [-0.4, -0.2) is 5.97 Å². The highest BCUT2D eigenvalue weighted by Gasteiger charge is 2.09. The van der Waals surface area contributed by atoms with Crippen LogP contribution in [0.1, 0.15) is 21.5 Å². The van der Waals surface area contributed by atoms with Gasteiger partial charge < -0.3 is 4.74 Å². The maximum atomic E-state index is 12.9. The molecule has 3 rings (SSSR count). The van der Waals surface area contributed by atoms with Crippen LogP contribution in [0.5, 0.6) is 5.75 Å². The number of allylic oxidation sites excluding steroid dienone is 1. The van der Waals surface area contributed by atoms with Gasteiger partial charge in [0.25, 0.3) is 0 Å². The van der Waals surface area contributed by atoms with Gasteiger partial charge >= 0.3 is 5.97 Å². The summed E-state index contributed by atoms with van der Waals surface area (Å²) in [6.45, 7) is 0. The molecule has 0 amide bonds. The molecule has 0 saturated carbocycles. The standard InChI is InChI=1S/C22H13ClFNO2/c23-19-3-1-2-17(13-19)18(14-25)12-15-4-10-21(11-5-15)27-22(26)16-6-8-20(24)9-7-16/h1-13H/b18-12-. The lowest BCUT2D eigenvalue weighted by Gasteiger charge is -2.05. The zero-order valence-electron chi connectivity index (χ0n) is 14.0. The number of carbonyl (C=O) groups excluding carboxylic acids is 1. The molecule has 132 valence electrons. The SMILES string of the molecule is N#C/C(=C/c1ccc(OC(=O)c2ccc(F)cc2)cc1)c1cccc(Cl)c1. The van der Waals surface area contributed by atoms with Gasteiger partial charge in [0, 0.05) is 5.02 Å². The zero-order chi connectivity index (χ0) is 19.2. The highest BCUT2D eigenvalue weighted by atomic mass is 35.5. The number of rotatable bonds is 4. The van der Waals surface area contributed by atoms with Gasteiger partial charge in [0.2, 0.25) is 0 Å². The Morgan fingerprint density at radius 2 is 1.70 bits per heavy atom. The molecule has 0 radical (unpaired) electrons. The van der Waals surface area contributed by atoms with Crippen LogP contribution in [0.4, 0.5) is 4.39 Å². The maximum absolute atomic E-state index is 12.9. The third-order valence-corrected chi connectivity index (χ3v) is 3.97. The third kappa shape index (κ3) is 4.81. The number of hydrogen-bond acceptors (Lipinski definition) is 3. The summed E-state index contributed by atoms with van der Waals surface area (Å²) in [5, 5.41) is 9.95. The second-order valence-corrected chi connectivity index (χ2v) is 6.08. The second-order valence-electron chi connectivity index (χ2n) is 5.65. The van der Waals surface area contributed by atoms with E-state index < -0.39 is 11.8 Å². The summed E-state index contributed by atoms with van der Waals surface area (Å²) in [6, 6.07) is 21.0. The van der Waals surface area contributed by atoms with E-state index >= 15 is 0 Å². The molecule has 3 aromatic carbocycles. The van der Waals surface area contributed by atoms with Crippen molar-refractivity contribution in [2.45, 2.75) is 0 Å². The molecule has 0 atom stereocenters. The van der Waals surface area contributed by atoms with E-state index in [0.29, 0.717) is 16.3 Å². The molecular weight excluding hydrogens is 365 g/mol. The Morgan fingerprint density at radius 1 is 1.00 bits per heavy atom. The Kier molecular flexibility index (Phi) is 5.65. The number of benzene rings is 3. The minimum Gasteiger partial charge on any atom is -0.423 e. The normalized spacial score (nSPS) is 10.9. The van der Waals surface area contributed by atoms with Crippen molar-refractivity contribution >= 4 is 29.2 Å². The maximum Gasteiger partial charge on any atom is 0.343 e. The highest BCUT2D eigenvalue weighted by molar-refractivity contribution is 6.30. The summed E-state index contributed by atoms with van der Waals surface area (Å²) in [6.07, 6.45) is 1.72. The molecule has 0 spiro atoms. The number of esters is 1. The monoisotopic (exact) mass is 377 g/mol. The van der Waals surface area contributed by atoms with Crippen molar-refractivity contribution in [3.8, 4) is 11.8 Å². The first-order chi connectivity index (χ1) is 13.0. The van der Waals surface area contributed by atoms with Crippen molar-refractivity contribution in [2.75, 3.05) is 0 Å². The van der Waals surface area contributed by atoms with Gasteiger partial charge in [0.05, 0.1) is 17.2 Å². The van der Waals surface area contributed by atoms with Crippen LogP contribution in [0, 0.1) is 17.1 Å². The number of nitriles is 1. The average molecular weight is 378 g/mol. The van der Waals surface area contributed by atoms with Crippen LogP contribution < -0.4 is 4.74 Å².